The van der Waals surface area contributed by atoms with Crippen LogP contribution >= 0.6 is 0 Å². The summed E-state index contributed by atoms with van der Waals surface area (Å²) in [4.78, 5) is 25.9. The highest BCUT2D eigenvalue weighted by molar-refractivity contribution is 7.89. The van der Waals surface area contributed by atoms with E-state index in [2.05, 4.69) is 10.6 Å². The number of ether oxygens (including phenoxy) is 1. The van der Waals surface area contributed by atoms with E-state index in [0.717, 1.165) is 20.0 Å². The molecule has 0 aliphatic heterocycles. The molecule has 0 radical (unpaired) electrons. The van der Waals surface area contributed by atoms with E-state index < -0.39 is 58.9 Å². The number of amides is 2. The van der Waals surface area contributed by atoms with Crippen molar-refractivity contribution in [2.45, 2.75) is 81.4 Å². The zero-order chi connectivity index (χ0) is 34.5. The molecule has 47 heavy (non-hydrogen) atoms. The SMILES string of the molecule is CCCCCN([C@H](C)CCC(F)(F)CNC(=O)[C@@H](NC(=O)OC)C(c1ccccc1)c1ccccc1)S(=O)(=O)c1ccc(CO)cc1. The first-order chi connectivity index (χ1) is 22.4. The van der Waals surface area contributed by atoms with Crippen LogP contribution in [0.4, 0.5) is 13.6 Å². The van der Waals surface area contributed by atoms with Crippen molar-refractivity contribution in [2.24, 2.45) is 0 Å². The van der Waals surface area contributed by atoms with Crippen molar-refractivity contribution in [3.63, 3.8) is 0 Å². The number of aliphatic hydroxyl groups excluding tert-OH is 1. The molecule has 0 aliphatic rings. The summed E-state index contributed by atoms with van der Waals surface area (Å²) >= 11 is 0. The van der Waals surface area contributed by atoms with Gasteiger partial charge in [-0.1, -0.05) is 92.6 Å². The Morgan fingerprint density at radius 3 is 2.02 bits per heavy atom. The Labute approximate surface area is 276 Å². The number of alkyl carbamates (subject to hydrolysis) is 1. The number of aliphatic hydroxyl groups is 1. The Balaban J connectivity index is 1.76. The summed E-state index contributed by atoms with van der Waals surface area (Å²) in [7, 11) is -2.85. The molecular weight excluding hydrogens is 628 g/mol. The average Bonchev–Trinajstić information content (AvgIpc) is 3.08. The summed E-state index contributed by atoms with van der Waals surface area (Å²) in [5.41, 5.74) is 1.93. The standard InChI is InChI=1S/C35H45F2N3O6S/c1-4-5-12-23-40(47(44,45)30-19-17-27(24-41)18-20-30)26(2)21-22-35(36,37)25-38-33(42)32(39-34(43)46-3)31(28-13-8-6-9-14-28)29-15-10-7-11-16-29/h6-11,13-20,26,31-32,41H,4-5,12,21-25H2,1-3H3,(H,38,42)(H,39,43)/t26-,32+/m1/s1. The molecule has 0 unspecified atom stereocenters. The third-order valence-electron chi connectivity index (χ3n) is 8.03. The molecule has 0 saturated carbocycles. The van der Waals surface area contributed by atoms with E-state index in [1.165, 1.54) is 28.6 Å². The van der Waals surface area contributed by atoms with Gasteiger partial charge in [-0.2, -0.15) is 4.31 Å². The Kier molecular flexibility index (Phi) is 14.3. The second kappa shape index (κ2) is 17.9. The van der Waals surface area contributed by atoms with Crippen molar-refractivity contribution in [3.8, 4) is 0 Å². The highest BCUT2D eigenvalue weighted by atomic mass is 32.2. The molecule has 3 rings (SSSR count). The van der Waals surface area contributed by atoms with Gasteiger partial charge in [0.15, 0.2) is 0 Å². The van der Waals surface area contributed by atoms with Gasteiger partial charge in [0.2, 0.25) is 15.9 Å². The zero-order valence-corrected chi connectivity index (χ0v) is 27.9. The lowest BCUT2D eigenvalue weighted by molar-refractivity contribution is -0.125. The summed E-state index contributed by atoms with van der Waals surface area (Å²) in [5.74, 6) is -4.91. The smallest absolute Gasteiger partial charge is 0.407 e. The van der Waals surface area contributed by atoms with Crippen molar-refractivity contribution in [3.05, 3.63) is 102 Å². The zero-order valence-electron chi connectivity index (χ0n) is 27.1. The van der Waals surface area contributed by atoms with Crippen LogP contribution in [-0.2, 0) is 26.2 Å². The maximum atomic E-state index is 15.3. The molecule has 0 spiro atoms. The molecule has 3 aromatic carbocycles. The number of hydrogen-bond donors (Lipinski definition) is 3. The number of halogens is 2. The first-order valence-electron chi connectivity index (χ1n) is 15.7. The van der Waals surface area contributed by atoms with Gasteiger partial charge in [-0.3, -0.25) is 4.79 Å². The van der Waals surface area contributed by atoms with E-state index in [9.17, 15) is 23.1 Å². The number of nitrogens with zero attached hydrogens (tertiary/aromatic N) is 1. The van der Waals surface area contributed by atoms with Crippen LogP contribution in [0.2, 0.25) is 0 Å². The molecule has 0 heterocycles. The number of methoxy groups -OCH3 is 1. The third-order valence-corrected chi connectivity index (χ3v) is 10.1. The Morgan fingerprint density at radius 2 is 1.51 bits per heavy atom. The summed E-state index contributed by atoms with van der Waals surface area (Å²) in [5, 5.41) is 14.2. The molecule has 0 fully saturated rings. The number of benzene rings is 3. The second-order valence-electron chi connectivity index (χ2n) is 11.5. The van der Waals surface area contributed by atoms with Gasteiger partial charge >= 0.3 is 6.09 Å². The van der Waals surface area contributed by atoms with E-state index in [-0.39, 0.29) is 24.5 Å². The summed E-state index contributed by atoms with van der Waals surface area (Å²) in [6, 6.07) is 21.7. The van der Waals surface area contributed by atoms with Crippen molar-refractivity contribution in [1.82, 2.24) is 14.9 Å². The quantitative estimate of drug-likeness (QED) is 0.146. The first kappa shape index (κ1) is 37.6. The van der Waals surface area contributed by atoms with E-state index >= 15 is 8.78 Å². The van der Waals surface area contributed by atoms with Crippen LogP contribution in [-0.4, -0.2) is 68.0 Å². The van der Waals surface area contributed by atoms with Gasteiger partial charge in [0.25, 0.3) is 5.92 Å². The van der Waals surface area contributed by atoms with Crippen LogP contribution < -0.4 is 10.6 Å². The van der Waals surface area contributed by atoms with Crippen LogP contribution in [0.5, 0.6) is 0 Å². The lowest BCUT2D eigenvalue weighted by atomic mass is 9.84. The molecule has 12 heteroatoms. The number of carbonyl (C=O) groups excluding carboxylic acids is 2. The van der Waals surface area contributed by atoms with Crippen LogP contribution in [0.3, 0.4) is 0 Å². The summed E-state index contributed by atoms with van der Waals surface area (Å²) in [6.45, 7) is 2.50. The number of unbranched alkanes of at least 4 members (excludes halogenated alkanes) is 2. The molecule has 2 amide bonds. The van der Waals surface area contributed by atoms with Gasteiger partial charge in [-0.15, -0.1) is 0 Å². The minimum atomic E-state index is -4.00. The minimum Gasteiger partial charge on any atom is -0.453 e. The van der Waals surface area contributed by atoms with Crippen molar-refractivity contribution in [1.29, 1.82) is 0 Å². The molecule has 9 nitrogen and oxygen atoms in total. The van der Waals surface area contributed by atoms with E-state index in [4.69, 9.17) is 4.74 Å². The molecule has 0 aromatic heterocycles. The van der Waals surface area contributed by atoms with Crippen LogP contribution in [0.25, 0.3) is 0 Å². The lowest BCUT2D eigenvalue weighted by Crippen LogP contribution is -2.52. The van der Waals surface area contributed by atoms with Gasteiger partial charge in [0.1, 0.15) is 6.04 Å². The van der Waals surface area contributed by atoms with Crippen LogP contribution in [0, 0.1) is 0 Å². The van der Waals surface area contributed by atoms with Crippen LogP contribution in [0.15, 0.2) is 89.8 Å². The van der Waals surface area contributed by atoms with Gasteiger partial charge in [-0.25, -0.2) is 22.0 Å². The number of nitrogens with one attached hydrogen (secondary N) is 2. The Hall–Kier alpha value is -3.87. The molecule has 2 atom stereocenters. The highest BCUT2D eigenvalue weighted by Gasteiger charge is 2.37. The predicted octanol–water partition coefficient (Wildman–Crippen LogP) is 5.84. The number of carbonyl (C=O) groups is 2. The van der Waals surface area contributed by atoms with Gasteiger partial charge in [0, 0.05) is 24.9 Å². The van der Waals surface area contributed by atoms with E-state index in [1.54, 1.807) is 67.6 Å². The van der Waals surface area contributed by atoms with Crippen molar-refractivity contribution < 1.29 is 36.6 Å². The molecule has 0 aliphatic carbocycles. The normalized spacial score (nSPS) is 13.3. The maximum absolute atomic E-state index is 15.3. The lowest BCUT2D eigenvalue weighted by Gasteiger charge is -2.30. The predicted molar refractivity (Wildman–Crippen MR) is 176 cm³/mol. The fourth-order valence-corrected chi connectivity index (χ4v) is 7.06. The van der Waals surface area contributed by atoms with Crippen molar-refractivity contribution >= 4 is 22.0 Å². The minimum absolute atomic E-state index is 0.0209. The molecule has 256 valence electrons. The first-order valence-corrected chi connectivity index (χ1v) is 17.2. The highest BCUT2D eigenvalue weighted by Crippen LogP contribution is 2.30. The van der Waals surface area contributed by atoms with E-state index in [0.29, 0.717) is 23.1 Å². The van der Waals surface area contributed by atoms with Crippen molar-refractivity contribution in [2.75, 3.05) is 20.2 Å². The fourth-order valence-electron chi connectivity index (χ4n) is 5.36. The summed E-state index contributed by atoms with van der Waals surface area (Å²) < 4.78 is 63.8. The van der Waals surface area contributed by atoms with E-state index in [1.807, 2.05) is 6.92 Å². The maximum Gasteiger partial charge on any atom is 0.407 e. The number of sulfonamides is 1. The average molecular weight is 674 g/mol. The largest absolute Gasteiger partial charge is 0.453 e. The number of rotatable bonds is 18. The Morgan fingerprint density at radius 1 is 0.936 bits per heavy atom. The van der Waals surface area contributed by atoms with Gasteiger partial charge in [-0.05, 0) is 48.6 Å². The number of alkyl halides is 2. The molecule has 0 bridgehead atoms. The molecular formula is C35H45F2N3O6S. The Bertz CT molecular complexity index is 1470. The number of hydrogen-bond acceptors (Lipinski definition) is 6. The third kappa shape index (κ3) is 10.8. The second-order valence-corrected chi connectivity index (χ2v) is 13.4. The topological polar surface area (TPSA) is 125 Å². The van der Waals surface area contributed by atoms with Gasteiger partial charge < -0.3 is 20.5 Å². The molecule has 3 N–H and O–H groups in total. The van der Waals surface area contributed by atoms with Crippen LogP contribution in [0.1, 0.15) is 68.6 Å². The summed E-state index contributed by atoms with van der Waals surface area (Å²) in [6.07, 6.45) is 0.458. The molecule has 3 aromatic rings. The monoisotopic (exact) mass is 673 g/mol. The van der Waals surface area contributed by atoms with Gasteiger partial charge in [0.05, 0.1) is 25.2 Å². The molecule has 0 saturated heterocycles. The fraction of sp³-hybridized carbons (Fsp3) is 0.429.